The van der Waals surface area contributed by atoms with Crippen LogP contribution in [0.25, 0.3) is 0 Å². The molecule has 1 aliphatic heterocycles. The van der Waals surface area contributed by atoms with Gasteiger partial charge in [-0.2, -0.15) is 0 Å². The molecule has 1 fully saturated rings. The Bertz CT molecular complexity index is 407. The second-order valence-electron chi connectivity index (χ2n) is 4.31. The molecule has 0 spiro atoms. The van der Waals surface area contributed by atoms with Crippen molar-refractivity contribution in [1.29, 1.82) is 0 Å². The molecule has 2 rings (SSSR count). The molecule has 0 saturated carbocycles. The lowest BCUT2D eigenvalue weighted by Gasteiger charge is -2.12. The van der Waals surface area contributed by atoms with E-state index in [1.165, 1.54) is 7.11 Å². The molecule has 0 amide bonds. The summed E-state index contributed by atoms with van der Waals surface area (Å²) in [6.45, 7) is 0.740. The van der Waals surface area contributed by atoms with E-state index in [2.05, 4.69) is 10.1 Å². The normalized spacial score (nSPS) is 22.8. The average molecular weight is 270 g/mol. The molecule has 0 unspecified atom stereocenters. The molecule has 0 aliphatic carbocycles. The van der Waals surface area contributed by atoms with Crippen LogP contribution in [0, 0.1) is 0 Å². The summed E-state index contributed by atoms with van der Waals surface area (Å²) in [7, 11) is 1.40. The number of nitrogens with one attached hydrogen (secondary N) is 1. The Kier molecular flexibility index (Phi) is 4.44. The molecule has 1 saturated heterocycles. The second kappa shape index (κ2) is 6.07. The zero-order valence-electron chi connectivity index (χ0n) is 10.2. The Hall–Kier alpha value is -1.26. The second-order valence-corrected chi connectivity index (χ2v) is 4.75. The van der Waals surface area contributed by atoms with Crippen LogP contribution in [-0.2, 0) is 9.53 Å². The topological polar surface area (TPSA) is 47.6 Å². The van der Waals surface area contributed by atoms with E-state index in [1.54, 1.807) is 12.1 Å². The van der Waals surface area contributed by atoms with Crippen LogP contribution in [0.2, 0.25) is 5.02 Å². The summed E-state index contributed by atoms with van der Waals surface area (Å²) in [6.07, 6.45) is 1.27. The minimum absolute atomic E-state index is 0.0841. The summed E-state index contributed by atoms with van der Waals surface area (Å²) in [5.41, 5.74) is 0. The first-order valence-corrected chi connectivity index (χ1v) is 6.27. The first-order chi connectivity index (χ1) is 8.67. The lowest BCUT2D eigenvalue weighted by Crippen LogP contribution is -2.25. The van der Waals surface area contributed by atoms with E-state index in [0.717, 1.165) is 18.7 Å². The Balaban J connectivity index is 1.82. The van der Waals surface area contributed by atoms with Gasteiger partial charge in [0.15, 0.2) is 0 Å². The first kappa shape index (κ1) is 13.2. The van der Waals surface area contributed by atoms with Gasteiger partial charge >= 0.3 is 5.97 Å². The third-order valence-electron chi connectivity index (χ3n) is 2.94. The lowest BCUT2D eigenvalue weighted by molar-refractivity contribution is -0.141. The average Bonchev–Trinajstić information content (AvgIpc) is 2.79. The van der Waals surface area contributed by atoms with Gasteiger partial charge in [0.1, 0.15) is 11.9 Å². The molecular weight excluding hydrogens is 254 g/mol. The van der Waals surface area contributed by atoms with Crippen LogP contribution in [0.4, 0.5) is 0 Å². The van der Waals surface area contributed by atoms with E-state index in [0.29, 0.717) is 11.4 Å². The summed E-state index contributed by atoms with van der Waals surface area (Å²) >= 11 is 5.81. The fourth-order valence-corrected chi connectivity index (χ4v) is 2.14. The van der Waals surface area contributed by atoms with E-state index < -0.39 is 0 Å². The number of benzene rings is 1. The van der Waals surface area contributed by atoms with E-state index in [9.17, 15) is 4.79 Å². The summed E-state index contributed by atoms with van der Waals surface area (Å²) < 4.78 is 10.4. The highest BCUT2D eigenvalue weighted by Crippen LogP contribution is 2.20. The highest BCUT2D eigenvalue weighted by molar-refractivity contribution is 6.30. The Labute approximate surface area is 111 Å². The van der Waals surface area contributed by atoms with Gasteiger partial charge in [-0.1, -0.05) is 11.6 Å². The van der Waals surface area contributed by atoms with Crippen LogP contribution < -0.4 is 10.1 Å². The predicted molar refractivity (Wildman–Crippen MR) is 68.9 cm³/mol. The molecular formula is C13H16ClNO3. The molecule has 0 aromatic heterocycles. The van der Waals surface area contributed by atoms with Crippen molar-refractivity contribution in [2.24, 2.45) is 0 Å². The van der Waals surface area contributed by atoms with Crippen molar-refractivity contribution < 1.29 is 14.3 Å². The highest BCUT2D eigenvalue weighted by atomic mass is 35.5. The van der Waals surface area contributed by atoms with Gasteiger partial charge in [-0.25, -0.2) is 0 Å². The number of halogens is 1. The van der Waals surface area contributed by atoms with E-state index in [1.807, 2.05) is 12.1 Å². The molecule has 0 radical (unpaired) electrons. The molecule has 1 N–H and O–H groups in total. The minimum atomic E-state index is -0.195. The predicted octanol–water partition coefficient (Wildman–Crippen LogP) is 2.01. The lowest BCUT2D eigenvalue weighted by atomic mass is 10.1. The number of carbonyl (C=O) groups is 1. The maximum Gasteiger partial charge on any atom is 0.307 e. The zero-order valence-corrected chi connectivity index (χ0v) is 10.9. The number of carbonyl (C=O) groups excluding carboxylic acids is 1. The fourth-order valence-electron chi connectivity index (χ4n) is 2.02. The third-order valence-corrected chi connectivity index (χ3v) is 3.19. The monoisotopic (exact) mass is 269 g/mol. The van der Waals surface area contributed by atoms with Crippen molar-refractivity contribution in [2.45, 2.75) is 25.0 Å². The largest absolute Gasteiger partial charge is 0.489 e. The van der Waals surface area contributed by atoms with Gasteiger partial charge in [0, 0.05) is 24.0 Å². The maximum absolute atomic E-state index is 11.2. The number of hydrogen-bond acceptors (Lipinski definition) is 4. The van der Waals surface area contributed by atoms with Crippen LogP contribution in [0.15, 0.2) is 24.3 Å². The molecule has 98 valence electrons. The Morgan fingerprint density at radius 2 is 2.17 bits per heavy atom. The quantitative estimate of drug-likeness (QED) is 0.850. The van der Waals surface area contributed by atoms with Crippen LogP contribution >= 0.6 is 11.6 Å². The van der Waals surface area contributed by atoms with Crippen molar-refractivity contribution in [3.8, 4) is 5.75 Å². The molecule has 1 aromatic rings. The molecule has 5 heteroatoms. The molecule has 0 bridgehead atoms. The third kappa shape index (κ3) is 3.62. The van der Waals surface area contributed by atoms with E-state index in [4.69, 9.17) is 16.3 Å². The molecule has 1 aromatic carbocycles. The molecule has 1 heterocycles. The molecule has 18 heavy (non-hydrogen) atoms. The summed E-state index contributed by atoms with van der Waals surface area (Å²) in [6, 6.07) is 7.41. The number of methoxy groups -OCH3 is 1. The Morgan fingerprint density at radius 1 is 1.44 bits per heavy atom. The van der Waals surface area contributed by atoms with Gasteiger partial charge in [0.05, 0.1) is 13.5 Å². The maximum atomic E-state index is 11.2. The van der Waals surface area contributed by atoms with Crippen molar-refractivity contribution in [3.63, 3.8) is 0 Å². The highest BCUT2D eigenvalue weighted by Gasteiger charge is 2.27. The minimum Gasteiger partial charge on any atom is -0.489 e. The van der Waals surface area contributed by atoms with Crippen molar-refractivity contribution >= 4 is 17.6 Å². The number of ether oxygens (including phenoxy) is 2. The molecule has 2 atom stereocenters. The van der Waals surface area contributed by atoms with Gasteiger partial charge < -0.3 is 14.8 Å². The summed E-state index contributed by atoms with van der Waals surface area (Å²) in [4.78, 5) is 11.2. The van der Waals surface area contributed by atoms with Crippen molar-refractivity contribution in [2.75, 3.05) is 13.7 Å². The number of esters is 1. The van der Waals surface area contributed by atoms with Gasteiger partial charge in [-0.05, 0) is 24.3 Å². The van der Waals surface area contributed by atoms with Crippen LogP contribution in [0.1, 0.15) is 12.8 Å². The van der Waals surface area contributed by atoms with Crippen LogP contribution in [-0.4, -0.2) is 31.8 Å². The van der Waals surface area contributed by atoms with Crippen LogP contribution in [0.5, 0.6) is 5.75 Å². The number of hydrogen-bond donors (Lipinski definition) is 1. The van der Waals surface area contributed by atoms with Gasteiger partial charge in [-0.3, -0.25) is 4.79 Å². The fraction of sp³-hybridized carbons (Fsp3) is 0.462. The smallest absolute Gasteiger partial charge is 0.307 e. The first-order valence-electron chi connectivity index (χ1n) is 5.90. The SMILES string of the molecule is COC(=O)C[C@H]1C[C@@H](Oc2ccc(Cl)cc2)CN1. The van der Waals surface area contributed by atoms with E-state index in [-0.39, 0.29) is 18.1 Å². The number of rotatable bonds is 4. The van der Waals surface area contributed by atoms with Gasteiger partial charge in [-0.15, -0.1) is 0 Å². The van der Waals surface area contributed by atoms with Crippen molar-refractivity contribution in [3.05, 3.63) is 29.3 Å². The molecule has 4 nitrogen and oxygen atoms in total. The summed E-state index contributed by atoms with van der Waals surface area (Å²) in [5, 5.41) is 3.94. The van der Waals surface area contributed by atoms with Gasteiger partial charge in [0.2, 0.25) is 0 Å². The van der Waals surface area contributed by atoms with Gasteiger partial charge in [0.25, 0.3) is 0 Å². The zero-order chi connectivity index (χ0) is 13.0. The van der Waals surface area contributed by atoms with Crippen molar-refractivity contribution in [1.82, 2.24) is 5.32 Å². The Morgan fingerprint density at radius 3 is 2.83 bits per heavy atom. The van der Waals surface area contributed by atoms with E-state index >= 15 is 0 Å². The molecule has 1 aliphatic rings. The standard InChI is InChI=1S/C13H16ClNO3/c1-17-13(16)7-10-6-12(8-15-10)18-11-4-2-9(14)3-5-11/h2-5,10,12,15H,6-8H2,1H3/t10-,12-/m1/s1. The van der Waals surface area contributed by atoms with Crippen LogP contribution in [0.3, 0.4) is 0 Å². The summed E-state index contributed by atoms with van der Waals surface area (Å²) in [5.74, 6) is 0.601.